The van der Waals surface area contributed by atoms with Gasteiger partial charge in [0.05, 0.1) is 12.2 Å². The smallest absolute Gasteiger partial charge is 0.256 e. The van der Waals surface area contributed by atoms with E-state index < -0.39 is 0 Å². The van der Waals surface area contributed by atoms with E-state index in [-0.39, 0.29) is 5.91 Å². The summed E-state index contributed by atoms with van der Waals surface area (Å²) in [6.45, 7) is 6.81. The summed E-state index contributed by atoms with van der Waals surface area (Å²) in [6.07, 6.45) is 7.18. The van der Waals surface area contributed by atoms with Gasteiger partial charge < -0.3 is 19.1 Å². The quantitative estimate of drug-likeness (QED) is 0.785. The molecule has 1 amide bonds. The first-order chi connectivity index (χ1) is 13.3. The van der Waals surface area contributed by atoms with E-state index in [1.54, 1.807) is 7.11 Å². The lowest BCUT2D eigenvalue weighted by molar-refractivity contribution is 0.0784. The number of aromatic nitrogens is 1. The van der Waals surface area contributed by atoms with Gasteiger partial charge >= 0.3 is 0 Å². The maximum atomic E-state index is 13.3. The van der Waals surface area contributed by atoms with Crippen LogP contribution in [0.1, 0.15) is 36.0 Å². The van der Waals surface area contributed by atoms with Gasteiger partial charge in [-0.2, -0.15) is 0 Å². The molecule has 2 saturated heterocycles. The van der Waals surface area contributed by atoms with Gasteiger partial charge in [-0.25, -0.2) is 0 Å². The Kier molecular flexibility index (Phi) is 5.79. The van der Waals surface area contributed by atoms with Crippen molar-refractivity contribution < 1.29 is 9.53 Å². The fourth-order valence-electron chi connectivity index (χ4n) is 4.64. The molecular weight excluding hydrogens is 338 g/mol. The summed E-state index contributed by atoms with van der Waals surface area (Å²) in [5, 5.41) is 1.05. The highest BCUT2D eigenvalue weighted by molar-refractivity contribution is 6.07. The van der Waals surface area contributed by atoms with Crippen molar-refractivity contribution >= 4 is 16.8 Å². The molecule has 2 aliphatic rings. The van der Waals surface area contributed by atoms with E-state index in [9.17, 15) is 4.79 Å². The molecule has 3 heterocycles. The molecular formula is C22H31N3O2. The van der Waals surface area contributed by atoms with Gasteiger partial charge in [-0.1, -0.05) is 24.6 Å². The number of likely N-dealkylation sites (tertiary alicyclic amines) is 2. The number of amides is 1. The zero-order chi connectivity index (χ0) is 18.6. The number of para-hydroxylation sites is 1. The van der Waals surface area contributed by atoms with Crippen molar-refractivity contribution in [1.82, 2.24) is 14.4 Å². The third-order valence-electron chi connectivity index (χ3n) is 6.09. The largest absolute Gasteiger partial charge is 0.383 e. The highest BCUT2D eigenvalue weighted by atomic mass is 16.5. The topological polar surface area (TPSA) is 37.7 Å². The molecule has 4 rings (SSSR count). The standard InChI is InChI=1S/C22H31N3O2/c1-27-14-13-24-17-20(19-7-3-4-8-21(19)24)22(26)25-12-9-18(16-25)15-23-10-5-2-6-11-23/h3-4,7-8,17-18H,2,5-6,9-16H2,1H3/t18-/m0/s1. The van der Waals surface area contributed by atoms with Crippen LogP contribution in [0.5, 0.6) is 0 Å². The molecule has 2 aliphatic heterocycles. The number of nitrogens with zero attached hydrogens (tertiary/aromatic N) is 3. The molecule has 27 heavy (non-hydrogen) atoms. The van der Waals surface area contributed by atoms with Crippen LogP contribution in [0.15, 0.2) is 30.5 Å². The Bertz CT molecular complexity index is 779. The molecule has 146 valence electrons. The number of benzene rings is 1. The predicted octanol–water partition coefficient (Wildman–Crippen LogP) is 3.24. The number of hydrogen-bond donors (Lipinski definition) is 0. The molecule has 0 unspecified atom stereocenters. The zero-order valence-electron chi connectivity index (χ0n) is 16.4. The van der Waals surface area contributed by atoms with Gasteiger partial charge in [0.25, 0.3) is 5.91 Å². The number of methoxy groups -OCH3 is 1. The van der Waals surface area contributed by atoms with Gasteiger partial charge in [0.2, 0.25) is 0 Å². The maximum Gasteiger partial charge on any atom is 0.256 e. The molecule has 0 radical (unpaired) electrons. The van der Waals surface area contributed by atoms with Crippen molar-refractivity contribution in [2.75, 3.05) is 46.4 Å². The number of hydrogen-bond acceptors (Lipinski definition) is 3. The van der Waals surface area contributed by atoms with Crippen LogP contribution in [0.25, 0.3) is 10.9 Å². The Balaban J connectivity index is 1.46. The molecule has 0 N–H and O–H groups in total. The SMILES string of the molecule is COCCn1cc(C(=O)N2CC[C@@H](CN3CCCCC3)C2)c2ccccc21. The van der Waals surface area contributed by atoms with Crippen molar-refractivity contribution in [1.29, 1.82) is 0 Å². The monoisotopic (exact) mass is 369 g/mol. The molecule has 0 spiro atoms. The van der Waals surface area contributed by atoms with Gasteiger partial charge in [-0.3, -0.25) is 4.79 Å². The molecule has 0 aliphatic carbocycles. The Morgan fingerprint density at radius 1 is 1.15 bits per heavy atom. The van der Waals surface area contributed by atoms with E-state index in [4.69, 9.17) is 4.74 Å². The average molecular weight is 370 g/mol. The Morgan fingerprint density at radius 2 is 1.96 bits per heavy atom. The normalized spacial score (nSPS) is 21.2. The van der Waals surface area contributed by atoms with Crippen LogP contribution in [0.2, 0.25) is 0 Å². The first kappa shape index (κ1) is 18.5. The minimum absolute atomic E-state index is 0.184. The number of piperidine rings is 1. The second-order valence-corrected chi connectivity index (χ2v) is 8.01. The highest BCUT2D eigenvalue weighted by Gasteiger charge is 2.30. The first-order valence-electron chi connectivity index (χ1n) is 10.3. The fourth-order valence-corrected chi connectivity index (χ4v) is 4.64. The molecule has 0 bridgehead atoms. The first-order valence-corrected chi connectivity index (χ1v) is 10.3. The second-order valence-electron chi connectivity index (χ2n) is 8.01. The van der Waals surface area contributed by atoms with E-state index in [1.807, 2.05) is 18.3 Å². The van der Waals surface area contributed by atoms with Crippen LogP contribution in [-0.4, -0.2) is 66.7 Å². The van der Waals surface area contributed by atoms with Gasteiger partial charge in [-0.15, -0.1) is 0 Å². The molecule has 0 saturated carbocycles. The van der Waals surface area contributed by atoms with E-state index in [1.165, 1.54) is 32.4 Å². The predicted molar refractivity (Wildman–Crippen MR) is 108 cm³/mol. The minimum atomic E-state index is 0.184. The van der Waals surface area contributed by atoms with Crippen molar-refractivity contribution in [3.8, 4) is 0 Å². The highest BCUT2D eigenvalue weighted by Crippen LogP contribution is 2.26. The lowest BCUT2D eigenvalue weighted by Gasteiger charge is -2.29. The molecule has 2 fully saturated rings. The van der Waals surface area contributed by atoms with Gasteiger partial charge in [0.15, 0.2) is 0 Å². The third kappa shape index (κ3) is 4.04. The van der Waals surface area contributed by atoms with Crippen molar-refractivity contribution in [2.24, 2.45) is 5.92 Å². The van der Waals surface area contributed by atoms with Crippen LogP contribution in [0.3, 0.4) is 0 Å². The number of ether oxygens (including phenoxy) is 1. The molecule has 5 nitrogen and oxygen atoms in total. The molecule has 1 aromatic carbocycles. The van der Waals surface area contributed by atoms with E-state index >= 15 is 0 Å². The second kappa shape index (κ2) is 8.44. The van der Waals surface area contributed by atoms with Crippen LogP contribution in [0.4, 0.5) is 0 Å². The Hall–Kier alpha value is -1.85. The van der Waals surface area contributed by atoms with Gasteiger partial charge in [0, 0.05) is 50.4 Å². The lowest BCUT2D eigenvalue weighted by Crippen LogP contribution is -2.36. The van der Waals surface area contributed by atoms with Gasteiger partial charge in [-0.05, 0) is 44.3 Å². The molecule has 5 heteroatoms. The molecule has 2 aromatic rings. The van der Waals surface area contributed by atoms with Crippen molar-refractivity contribution in [3.05, 3.63) is 36.0 Å². The molecule has 1 atom stereocenters. The van der Waals surface area contributed by atoms with E-state index in [0.717, 1.165) is 49.1 Å². The number of fused-ring (bicyclic) bond motifs is 1. The van der Waals surface area contributed by atoms with Crippen molar-refractivity contribution in [3.63, 3.8) is 0 Å². The van der Waals surface area contributed by atoms with E-state index in [2.05, 4.69) is 26.5 Å². The van der Waals surface area contributed by atoms with Crippen molar-refractivity contribution in [2.45, 2.75) is 32.2 Å². The number of carbonyl (C=O) groups excluding carboxylic acids is 1. The summed E-state index contributed by atoms with van der Waals surface area (Å²) < 4.78 is 7.38. The number of carbonyl (C=O) groups is 1. The zero-order valence-corrected chi connectivity index (χ0v) is 16.4. The van der Waals surface area contributed by atoms with Crippen LogP contribution >= 0.6 is 0 Å². The summed E-state index contributed by atoms with van der Waals surface area (Å²) >= 11 is 0. The van der Waals surface area contributed by atoms with Crippen LogP contribution in [-0.2, 0) is 11.3 Å². The maximum absolute atomic E-state index is 13.3. The number of rotatable bonds is 6. The summed E-state index contributed by atoms with van der Waals surface area (Å²) in [4.78, 5) is 17.9. The Labute approximate surface area is 161 Å². The minimum Gasteiger partial charge on any atom is -0.383 e. The third-order valence-corrected chi connectivity index (χ3v) is 6.09. The summed E-state index contributed by atoms with van der Waals surface area (Å²) in [7, 11) is 1.71. The summed E-state index contributed by atoms with van der Waals surface area (Å²) in [5.74, 6) is 0.803. The van der Waals surface area contributed by atoms with Crippen LogP contribution < -0.4 is 0 Å². The fraction of sp³-hybridized carbons (Fsp3) is 0.591. The van der Waals surface area contributed by atoms with E-state index in [0.29, 0.717) is 12.5 Å². The molecule has 1 aromatic heterocycles. The summed E-state index contributed by atoms with van der Waals surface area (Å²) in [5.41, 5.74) is 1.95. The van der Waals surface area contributed by atoms with Crippen LogP contribution in [0, 0.1) is 5.92 Å². The summed E-state index contributed by atoms with van der Waals surface area (Å²) in [6, 6.07) is 8.20. The average Bonchev–Trinajstić information content (AvgIpc) is 3.32. The Morgan fingerprint density at radius 3 is 2.78 bits per heavy atom. The lowest BCUT2D eigenvalue weighted by atomic mass is 10.1. The van der Waals surface area contributed by atoms with Gasteiger partial charge in [0.1, 0.15) is 0 Å².